The predicted octanol–water partition coefficient (Wildman–Crippen LogP) is 1.10. The number of nitrogens with zero attached hydrogens (tertiary/aromatic N) is 6. The number of aromatic nitrogens is 5. The summed E-state index contributed by atoms with van der Waals surface area (Å²) in [6, 6.07) is 11.6. The van der Waals surface area contributed by atoms with Gasteiger partial charge in [0.05, 0.1) is 17.9 Å². The third-order valence-electron chi connectivity index (χ3n) is 6.22. The molecule has 8 nitrogen and oxygen atoms in total. The highest BCUT2D eigenvalue weighted by Crippen LogP contribution is 2.40. The Hall–Kier alpha value is -3.13. The van der Waals surface area contributed by atoms with Crippen LogP contribution in [0.3, 0.4) is 0 Å². The Labute approximate surface area is 173 Å². The van der Waals surface area contributed by atoms with Crippen molar-refractivity contribution in [1.82, 2.24) is 29.2 Å². The highest BCUT2D eigenvalue weighted by atomic mass is 16.2. The second-order valence-electron chi connectivity index (χ2n) is 8.33. The van der Waals surface area contributed by atoms with Gasteiger partial charge in [0, 0.05) is 36.9 Å². The molecule has 0 aliphatic carbocycles. The molecule has 0 unspecified atom stereocenters. The van der Waals surface area contributed by atoms with Crippen molar-refractivity contribution in [3.05, 3.63) is 86.2 Å². The van der Waals surface area contributed by atoms with Crippen LogP contribution in [-0.4, -0.2) is 42.3 Å². The van der Waals surface area contributed by atoms with Gasteiger partial charge < -0.3 is 0 Å². The molecule has 30 heavy (non-hydrogen) atoms. The van der Waals surface area contributed by atoms with Crippen LogP contribution in [0.5, 0.6) is 0 Å². The van der Waals surface area contributed by atoms with Gasteiger partial charge in [-0.1, -0.05) is 12.1 Å². The van der Waals surface area contributed by atoms with Crippen molar-refractivity contribution in [2.45, 2.75) is 44.8 Å². The van der Waals surface area contributed by atoms with E-state index in [-0.39, 0.29) is 12.0 Å². The van der Waals surface area contributed by atoms with Gasteiger partial charge in [-0.25, -0.2) is 4.68 Å². The number of pyridine rings is 2. The highest BCUT2D eigenvalue weighted by Gasteiger charge is 2.47. The normalized spacial score (nSPS) is 20.7. The number of hydrogen-bond donors (Lipinski definition) is 0. The molecule has 0 amide bonds. The Morgan fingerprint density at radius 2 is 1.80 bits per heavy atom. The summed E-state index contributed by atoms with van der Waals surface area (Å²) in [6.07, 6.45) is 3.43. The quantitative estimate of drug-likeness (QED) is 0.606. The Morgan fingerprint density at radius 3 is 2.60 bits per heavy atom. The van der Waals surface area contributed by atoms with Gasteiger partial charge in [-0.3, -0.25) is 29.0 Å². The van der Waals surface area contributed by atoms with Gasteiger partial charge >= 0.3 is 11.1 Å². The highest BCUT2D eigenvalue weighted by molar-refractivity contribution is 5.19. The first kappa shape index (κ1) is 18.9. The fraction of sp³-hybridized carbons (Fsp3) is 0.409. The molecule has 3 aromatic heterocycles. The maximum atomic E-state index is 12.8. The smallest absolute Gasteiger partial charge is 0.296 e. The van der Waals surface area contributed by atoms with Gasteiger partial charge in [0.25, 0.3) is 0 Å². The molecule has 3 aromatic rings. The van der Waals surface area contributed by atoms with Crippen molar-refractivity contribution in [3.8, 4) is 0 Å². The molecule has 0 radical (unpaired) electrons. The van der Waals surface area contributed by atoms with Crippen molar-refractivity contribution in [2.75, 3.05) is 13.1 Å². The first-order valence-corrected chi connectivity index (χ1v) is 10.3. The molecule has 1 saturated heterocycles. The van der Waals surface area contributed by atoms with Crippen molar-refractivity contribution in [1.29, 1.82) is 0 Å². The van der Waals surface area contributed by atoms with Crippen LogP contribution in [-0.2, 0) is 25.0 Å². The lowest BCUT2D eigenvalue weighted by molar-refractivity contribution is 0.294. The zero-order valence-corrected chi connectivity index (χ0v) is 17.0. The van der Waals surface area contributed by atoms with Crippen LogP contribution in [0, 0.1) is 6.92 Å². The molecular formula is C22H24N6O2. The molecule has 5 heterocycles. The van der Waals surface area contributed by atoms with Gasteiger partial charge in [-0.2, -0.15) is 5.10 Å². The fourth-order valence-electron chi connectivity index (χ4n) is 4.72. The molecule has 5 rings (SSSR count). The molecule has 154 valence electrons. The SMILES string of the molecule is Cc1cccc(CN2CC[C@]3(CCn4c3nn(Cc3ccccn3)c(=O)c4=O)C2)n1. The summed E-state index contributed by atoms with van der Waals surface area (Å²) < 4.78 is 2.88. The van der Waals surface area contributed by atoms with Crippen LogP contribution in [0.2, 0.25) is 0 Å². The number of fused-ring (bicyclic) bond motifs is 2. The lowest BCUT2D eigenvalue weighted by atomic mass is 9.85. The van der Waals surface area contributed by atoms with Crippen LogP contribution in [0.25, 0.3) is 0 Å². The Kier molecular flexibility index (Phi) is 4.58. The van der Waals surface area contributed by atoms with Gasteiger partial charge in [-0.15, -0.1) is 0 Å². The third kappa shape index (κ3) is 3.27. The van der Waals surface area contributed by atoms with E-state index >= 15 is 0 Å². The molecule has 2 aliphatic heterocycles. The van der Waals surface area contributed by atoms with Gasteiger partial charge in [0.1, 0.15) is 5.82 Å². The first-order chi connectivity index (χ1) is 14.5. The fourth-order valence-corrected chi connectivity index (χ4v) is 4.72. The second kappa shape index (κ2) is 7.28. The average molecular weight is 404 g/mol. The van der Waals surface area contributed by atoms with Gasteiger partial charge in [-0.05, 0) is 50.6 Å². The Balaban J connectivity index is 1.45. The summed E-state index contributed by atoms with van der Waals surface area (Å²) in [5.41, 5.74) is 1.52. The van der Waals surface area contributed by atoms with E-state index in [2.05, 4.69) is 20.0 Å². The molecular weight excluding hydrogens is 380 g/mol. The molecule has 2 aliphatic rings. The van der Waals surface area contributed by atoms with Crippen LogP contribution >= 0.6 is 0 Å². The summed E-state index contributed by atoms with van der Waals surface area (Å²) in [5, 5.41) is 4.68. The zero-order chi connectivity index (χ0) is 20.7. The van der Waals surface area contributed by atoms with Crippen LogP contribution < -0.4 is 11.1 Å². The largest absolute Gasteiger partial charge is 0.332 e. The van der Waals surface area contributed by atoms with E-state index in [1.165, 1.54) is 4.68 Å². The molecule has 8 heteroatoms. The number of aryl methyl sites for hydroxylation is 1. The summed E-state index contributed by atoms with van der Waals surface area (Å²) in [6.45, 7) is 5.27. The van der Waals surface area contributed by atoms with E-state index in [0.717, 1.165) is 49.7 Å². The summed E-state index contributed by atoms with van der Waals surface area (Å²) in [4.78, 5) is 36.6. The van der Waals surface area contributed by atoms with E-state index in [1.807, 2.05) is 43.3 Å². The minimum absolute atomic E-state index is 0.192. The molecule has 0 N–H and O–H groups in total. The van der Waals surface area contributed by atoms with E-state index in [9.17, 15) is 9.59 Å². The minimum atomic E-state index is -0.583. The number of rotatable bonds is 4. The maximum Gasteiger partial charge on any atom is 0.332 e. The topological polar surface area (TPSA) is 85.9 Å². The zero-order valence-electron chi connectivity index (χ0n) is 17.0. The maximum absolute atomic E-state index is 12.8. The number of likely N-dealkylation sites (tertiary alicyclic amines) is 1. The molecule has 1 fully saturated rings. The Bertz CT molecular complexity index is 1200. The second-order valence-corrected chi connectivity index (χ2v) is 8.33. The molecule has 0 aromatic carbocycles. The molecule has 0 bridgehead atoms. The van der Waals surface area contributed by atoms with E-state index in [4.69, 9.17) is 0 Å². The van der Waals surface area contributed by atoms with Crippen molar-refractivity contribution < 1.29 is 0 Å². The van der Waals surface area contributed by atoms with Crippen LogP contribution in [0.15, 0.2) is 52.2 Å². The predicted molar refractivity (Wildman–Crippen MR) is 111 cm³/mol. The molecule has 1 atom stereocenters. The molecule has 0 saturated carbocycles. The number of hydrogen-bond acceptors (Lipinski definition) is 6. The van der Waals surface area contributed by atoms with Crippen molar-refractivity contribution in [2.24, 2.45) is 0 Å². The van der Waals surface area contributed by atoms with Crippen LogP contribution in [0.1, 0.15) is 35.7 Å². The molecule has 1 spiro atoms. The van der Waals surface area contributed by atoms with Crippen LogP contribution in [0.4, 0.5) is 0 Å². The third-order valence-corrected chi connectivity index (χ3v) is 6.22. The van der Waals surface area contributed by atoms with E-state index < -0.39 is 11.1 Å². The average Bonchev–Trinajstić information content (AvgIpc) is 3.31. The van der Waals surface area contributed by atoms with Crippen molar-refractivity contribution in [3.63, 3.8) is 0 Å². The van der Waals surface area contributed by atoms with E-state index in [1.54, 1.807) is 10.8 Å². The van der Waals surface area contributed by atoms with Crippen molar-refractivity contribution >= 4 is 0 Å². The Morgan fingerprint density at radius 1 is 0.967 bits per heavy atom. The van der Waals surface area contributed by atoms with E-state index in [0.29, 0.717) is 12.2 Å². The lowest BCUT2D eigenvalue weighted by Crippen LogP contribution is -2.45. The summed E-state index contributed by atoms with van der Waals surface area (Å²) >= 11 is 0. The standard InChI is InChI=1S/C22H24N6O2/c1-16-5-4-7-18(24-16)13-26-11-8-22(15-26)9-12-27-19(29)20(30)28(25-21(22)27)14-17-6-2-3-10-23-17/h2-7,10H,8-9,11-15H2,1H3/t22-/m0/s1. The minimum Gasteiger partial charge on any atom is -0.296 e. The van der Waals surface area contributed by atoms with Gasteiger partial charge in [0.15, 0.2) is 0 Å². The van der Waals surface area contributed by atoms with Gasteiger partial charge in [0.2, 0.25) is 0 Å². The lowest BCUT2D eigenvalue weighted by Gasteiger charge is -2.23. The summed E-state index contributed by atoms with van der Waals surface area (Å²) in [5.74, 6) is 0.739. The first-order valence-electron chi connectivity index (χ1n) is 10.3. The summed E-state index contributed by atoms with van der Waals surface area (Å²) in [7, 11) is 0. The monoisotopic (exact) mass is 404 g/mol.